The molecule has 0 spiro atoms. The van der Waals surface area contributed by atoms with Gasteiger partial charge in [0, 0.05) is 25.2 Å². The van der Waals surface area contributed by atoms with Crippen molar-refractivity contribution >= 4 is 10.0 Å². The minimum Gasteiger partial charge on any atom is -0.330 e. The molecule has 118 valence electrons. The van der Waals surface area contributed by atoms with E-state index in [9.17, 15) is 8.42 Å². The minimum atomic E-state index is -3.01. The molecule has 3 N–H and O–H groups in total. The second kappa shape index (κ2) is 7.20. The molecule has 5 nitrogen and oxygen atoms in total. The Labute approximate surface area is 123 Å². The summed E-state index contributed by atoms with van der Waals surface area (Å²) in [5.74, 6) is 0.889. The molecule has 6 heteroatoms. The second-order valence-electron chi connectivity index (χ2n) is 6.19. The molecule has 2 aliphatic rings. The SMILES string of the molecule is CCCS(=O)(=O)N1CCC(NC2CCCC2CN)CC1. The molecular weight excluding hydrogens is 274 g/mol. The van der Waals surface area contributed by atoms with Gasteiger partial charge in [-0.05, 0) is 44.6 Å². The summed E-state index contributed by atoms with van der Waals surface area (Å²) < 4.78 is 25.7. The van der Waals surface area contributed by atoms with E-state index in [4.69, 9.17) is 5.73 Å². The lowest BCUT2D eigenvalue weighted by Crippen LogP contribution is -2.49. The van der Waals surface area contributed by atoms with E-state index in [0.29, 0.717) is 37.5 Å². The van der Waals surface area contributed by atoms with E-state index in [0.717, 1.165) is 19.4 Å². The first-order valence-corrected chi connectivity index (χ1v) is 9.61. The van der Waals surface area contributed by atoms with Crippen LogP contribution < -0.4 is 11.1 Å². The Morgan fingerprint density at radius 1 is 1.20 bits per heavy atom. The third-order valence-corrected chi connectivity index (χ3v) is 6.80. The number of nitrogens with two attached hydrogens (primary N) is 1. The van der Waals surface area contributed by atoms with Gasteiger partial charge in [-0.1, -0.05) is 13.3 Å². The molecule has 1 aliphatic carbocycles. The first-order chi connectivity index (χ1) is 9.56. The average molecular weight is 303 g/mol. The van der Waals surface area contributed by atoms with Crippen molar-refractivity contribution in [2.24, 2.45) is 11.7 Å². The van der Waals surface area contributed by atoms with Crippen LogP contribution in [-0.4, -0.2) is 50.2 Å². The summed E-state index contributed by atoms with van der Waals surface area (Å²) in [6.07, 6.45) is 6.27. The van der Waals surface area contributed by atoms with E-state index in [-0.39, 0.29) is 5.75 Å². The third-order valence-electron chi connectivity index (χ3n) is 4.72. The van der Waals surface area contributed by atoms with E-state index in [1.54, 1.807) is 4.31 Å². The zero-order valence-corrected chi connectivity index (χ0v) is 13.4. The summed E-state index contributed by atoms with van der Waals surface area (Å²) in [5, 5.41) is 3.72. The van der Waals surface area contributed by atoms with Crippen LogP contribution in [0.4, 0.5) is 0 Å². The van der Waals surface area contributed by atoms with Gasteiger partial charge in [-0.3, -0.25) is 0 Å². The molecule has 2 rings (SSSR count). The highest BCUT2D eigenvalue weighted by Crippen LogP contribution is 2.26. The fourth-order valence-corrected chi connectivity index (χ4v) is 5.07. The molecular formula is C14H29N3O2S. The van der Waals surface area contributed by atoms with Gasteiger partial charge in [0.05, 0.1) is 5.75 Å². The fourth-order valence-electron chi connectivity index (χ4n) is 3.53. The zero-order valence-electron chi connectivity index (χ0n) is 12.6. The first kappa shape index (κ1) is 16.2. The molecule has 0 amide bonds. The van der Waals surface area contributed by atoms with Crippen LogP contribution >= 0.6 is 0 Å². The molecule has 0 aromatic heterocycles. The van der Waals surface area contributed by atoms with Crippen molar-refractivity contribution in [3.63, 3.8) is 0 Å². The van der Waals surface area contributed by atoms with Gasteiger partial charge in [0.2, 0.25) is 10.0 Å². The summed E-state index contributed by atoms with van der Waals surface area (Å²) in [5.41, 5.74) is 5.81. The Hall–Kier alpha value is -0.170. The van der Waals surface area contributed by atoms with Crippen LogP contribution in [0.3, 0.4) is 0 Å². The molecule has 2 atom stereocenters. The second-order valence-corrected chi connectivity index (χ2v) is 8.28. The molecule has 1 heterocycles. The summed E-state index contributed by atoms with van der Waals surface area (Å²) in [4.78, 5) is 0. The van der Waals surface area contributed by atoms with Gasteiger partial charge in [0.15, 0.2) is 0 Å². The van der Waals surface area contributed by atoms with Gasteiger partial charge in [-0.15, -0.1) is 0 Å². The highest BCUT2D eigenvalue weighted by atomic mass is 32.2. The van der Waals surface area contributed by atoms with Crippen molar-refractivity contribution in [3.05, 3.63) is 0 Å². The Balaban J connectivity index is 1.80. The molecule has 20 heavy (non-hydrogen) atoms. The highest BCUT2D eigenvalue weighted by molar-refractivity contribution is 7.89. The fraction of sp³-hybridized carbons (Fsp3) is 1.00. The maximum absolute atomic E-state index is 12.0. The van der Waals surface area contributed by atoms with Crippen molar-refractivity contribution < 1.29 is 8.42 Å². The van der Waals surface area contributed by atoms with Crippen molar-refractivity contribution in [1.29, 1.82) is 0 Å². The largest absolute Gasteiger partial charge is 0.330 e. The van der Waals surface area contributed by atoms with Gasteiger partial charge in [0.1, 0.15) is 0 Å². The number of piperidine rings is 1. The Morgan fingerprint density at radius 3 is 2.50 bits per heavy atom. The normalized spacial score (nSPS) is 29.9. The molecule has 1 saturated carbocycles. The number of hydrogen-bond donors (Lipinski definition) is 2. The van der Waals surface area contributed by atoms with E-state index >= 15 is 0 Å². The van der Waals surface area contributed by atoms with Gasteiger partial charge in [0.25, 0.3) is 0 Å². The smallest absolute Gasteiger partial charge is 0.214 e. The number of sulfonamides is 1. The van der Waals surface area contributed by atoms with E-state index < -0.39 is 10.0 Å². The molecule has 1 saturated heterocycles. The average Bonchev–Trinajstić information content (AvgIpc) is 2.86. The van der Waals surface area contributed by atoms with Crippen LogP contribution in [0.15, 0.2) is 0 Å². The predicted octanol–water partition coefficient (Wildman–Crippen LogP) is 0.908. The number of rotatable bonds is 6. The topological polar surface area (TPSA) is 75.4 Å². The molecule has 0 aromatic rings. The van der Waals surface area contributed by atoms with Crippen LogP contribution in [0.25, 0.3) is 0 Å². The predicted molar refractivity (Wildman–Crippen MR) is 82.0 cm³/mol. The van der Waals surface area contributed by atoms with Crippen LogP contribution in [0.5, 0.6) is 0 Å². The maximum atomic E-state index is 12.0. The molecule has 0 radical (unpaired) electrons. The van der Waals surface area contributed by atoms with E-state index in [2.05, 4.69) is 5.32 Å². The summed E-state index contributed by atoms with van der Waals surface area (Å²) >= 11 is 0. The molecule has 0 aromatic carbocycles. The first-order valence-electron chi connectivity index (χ1n) is 8.00. The molecule has 2 unspecified atom stereocenters. The Bertz CT molecular complexity index is 391. The van der Waals surface area contributed by atoms with Crippen LogP contribution in [-0.2, 0) is 10.0 Å². The van der Waals surface area contributed by atoms with E-state index in [1.165, 1.54) is 19.3 Å². The summed E-state index contributed by atoms with van der Waals surface area (Å²) in [7, 11) is -3.01. The summed E-state index contributed by atoms with van der Waals surface area (Å²) in [6.45, 7) is 4.01. The number of hydrogen-bond acceptors (Lipinski definition) is 4. The van der Waals surface area contributed by atoms with Crippen molar-refractivity contribution in [2.75, 3.05) is 25.4 Å². The molecule has 2 fully saturated rings. The van der Waals surface area contributed by atoms with Gasteiger partial charge in [-0.25, -0.2) is 12.7 Å². The van der Waals surface area contributed by atoms with Gasteiger partial charge >= 0.3 is 0 Å². The summed E-state index contributed by atoms with van der Waals surface area (Å²) in [6, 6.07) is 1.00. The Morgan fingerprint density at radius 2 is 1.90 bits per heavy atom. The van der Waals surface area contributed by atoms with Gasteiger partial charge in [-0.2, -0.15) is 0 Å². The number of nitrogens with zero attached hydrogens (tertiary/aromatic N) is 1. The molecule has 0 bridgehead atoms. The quantitative estimate of drug-likeness (QED) is 0.765. The van der Waals surface area contributed by atoms with Crippen molar-refractivity contribution in [1.82, 2.24) is 9.62 Å². The van der Waals surface area contributed by atoms with Crippen LogP contribution in [0, 0.1) is 5.92 Å². The lowest BCUT2D eigenvalue weighted by Gasteiger charge is -2.34. The zero-order chi connectivity index (χ0) is 14.6. The third kappa shape index (κ3) is 3.93. The van der Waals surface area contributed by atoms with Crippen molar-refractivity contribution in [3.8, 4) is 0 Å². The lowest BCUT2D eigenvalue weighted by atomic mass is 10.00. The van der Waals surface area contributed by atoms with Crippen LogP contribution in [0.2, 0.25) is 0 Å². The highest BCUT2D eigenvalue weighted by Gasteiger charge is 2.31. The monoisotopic (exact) mass is 303 g/mol. The molecule has 1 aliphatic heterocycles. The minimum absolute atomic E-state index is 0.281. The van der Waals surface area contributed by atoms with Crippen molar-refractivity contribution in [2.45, 2.75) is 57.5 Å². The standard InChI is InChI=1S/C14H29N3O2S/c1-2-10-20(18,19)17-8-6-13(7-9-17)16-14-5-3-4-12(14)11-15/h12-14,16H,2-11,15H2,1H3. The lowest BCUT2D eigenvalue weighted by molar-refractivity contribution is 0.257. The van der Waals surface area contributed by atoms with E-state index in [1.807, 2.05) is 6.92 Å². The number of nitrogens with one attached hydrogen (secondary N) is 1. The Kier molecular flexibility index (Phi) is 5.84. The van der Waals surface area contributed by atoms with Crippen LogP contribution in [0.1, 0.15) is 45.4 Å². The maximum Gasteiger partial charge on any atom is 0.214 e. The van der Waals surface area contributed by atoms with Gasteiger partial charge < -0.3 is 11.1 Å².